The Morgan fingerprint density at radius 1 is 1.10 bits per heavy atom. The predicted molar refractivity (Wildman–Crippen MR) is 123 cm³/mol. The highest BCUT2D eigenvalue weighted by molar-refractivity contribution is 9.10. The van der Waals surface area contributed by atoms with Crippen LogP contribution < -0.4 is 4.74 Å². The predicted octanol–water partition coefficient (Wildman–Crippen LogP) is 5.11. The number of carbonyl (C=O) groups excluding carboxylic acids is 2. The minimum Gasteiger partial charge on any atom is -0.489 e. The van der Waals surface area contributed by atoms with Crippen LogP contribution in [0.4, 0.5) is 4.79 Å². The molecule has 0 spiro atoms. The Bertz CT molecular complexity index is 927. The van der Waals surface area contributed by atoms with Crippen LogP contribution in [-0.4, -0.2) is 53.1 Å². The van der Waals surface area contributed by atoms with Gasteiger partial charge in [-0.25, -0.2) is 4.79 Å². The molecule has 2 aromatic carbocycles. The van der Waals surface area contributed by atoms with Gasteiger partial charge < -0.3 is 19.3 Å². The van der Waals surface area contributed by atoms with E-state index in [0.717, 1.165) is 5.56 Å². The average molecular weight is 489 g/mol. The first-order chi connectivity index (χ1) is 14.6. The van der Waals surface area contributed by atoms with Gasteiger partial charge in [-0.3, -0.25) is 4.79 Å². The van der Waals surface area contributed by atoms with Crippen molar-refractivity contribution in [3.8, 4) is 5.75 Å². The number of benzene rings is 2. The van der Waals surface area contributed by atoms with Gasteiger partial charge in [-0.1, -0.05) is 30.3 Å². The molecule has 1 aliphatic rings. The number of piperazine rings is 1. The summed E-state index contributed by atoms with van der Waals surface area (Å²) >= 11 is 3.51. The van der Waals surface area contributed by atoms with Crippen molar-refractivity contribution in [2.45, 2.75) is 45.9 Å². The lowest BCUT2D eigenvalue weighted by molar-refractivity contribution is 0.00197. The van der Waals surface area contributed by atoms with E-state index < -0.39 is 5.60 Å². The van der Waals surface area contributed by atoms with Crippen molar-refractivity contribution < 1.29 is 19.1 Å². The molecule has 0 bridgehead atoms. The summed E-state index contributed by atoms with van der Waals surface area (Å²) in [6.45, 7) is 9.29. The second-order valence-electron chi connectivity index (χ2n) is 8.69. The van der Waals surface area contributed by atoms with E-state index in [1.165, 1.54) is 0 Å². The highest BCUT2D eigenvalue weighted by Crippen LogP contribution is 2.26. The maximum atomic E-state index is 13.1. The Hall–Kier alpha value is -2.54. The molecular weight excluding hydrogens is 460 g/mol. The molecule has 1 fully saturated rings. The van der Waals surface area contributed by atoms with Crippen LogP contribution in [-0.2, 0) is 11.3 Å². The molecule has 31 heavy (non-hydrogen) atoms. The first-order valence-electron chi connectivity index (χ1n) is 10.4. The topological polar surface area (TPSA) is 59.1 Å². The molecule has 3 rings (SSSR count). The summed E-state index contributed by atoms with van der Waals surface area (Å²) in [6.07, 6.45) is -0.340. The van der Waals surface area contributed by atoms with E-state index in [9.17, 15) is 9.59 Å². The normalized spacial score (nSPS) is 16.7. The fraction of sp³-hybridized carbons (Fsp3) is 0.417. The van der Waals surface area contributed by atoms with Crippen LogP contribution in [0.15, 0.2) is 53.0 Å². The van der Waals surface area contributed by atoms with E-state index in [-0.39, 0.29) is 18.0 Å². The van der Waals surface area contributed by atoms with Crippen LogP contribution >= 0.6 is 15.9 Å². The number of halogens is 1. The molecule has 0 N–H and O–H groups in total. The number of rotatable bonds is 4. The number of hydrogen-bond acceptors (Lipinski definition) is 4. The van der Waals surface area contributed by atoms with E-state index in [0.29, 0.717) is 42.0 Å². The maximum absolute atomic E-state index is 13.1. The summed E-state index contributed by atoms with van der Waals surface area (Å²) in [5, 5.41) is 0. The van der Waals surface area contributed by atoms with Gasteiger partial charge >= 0.3 is 6.09 Å². The van der Waals surface area contributed by atoms with E-state index >= 15 is 0 Å². The molecule has 0 saturated carbocycles. The van der Waals surface area contributed by atoms with Crippen LogP contribution in [0.5, 0.6) is 5.75 Å². The van der Waals surface area contributed by atoms with Crippen LogP contribution in [0.3, 0.4) is 0 Å². The molecular formula is C24H29BrN2O4. The van der Waals surface area contributed by atoms with Gasteiger partial charge in [0.15, 0.2) is 0 Å². The van der Waals surface area contributed by atoms with Crippen LogP contribution in [0.2, 0.25) is 0 Å². The smallest absolute Gasteiger partial charge is 0.410 e. The van der Waals surface area contributed by atoms with Crippen molar-refractivity contribution in [1.82, 2.24) is 9.80 Å². The number of nitrogens with zero attached hydrogens (tertiary/aromatic N) is 2. The van der Waals surface area contributed by atoms with Crippen molar-refractivity contribution in [2.75, 3.05) is 19.6 Å². The van der Waals surface area contributed by atoms with Gasteiger partial charge in [-0.2, -0.15) is 0 Å². The lowest BCUT2D eigenvalue weighted by Gasteiger charge is -2.40. The molecule has 0 unspecified atom stereocenters. The van der Waals surface area contributed by atoms with E-state index in [4.69, 9.17) is 9.47 Å². The summed E-state index contributed by atoms with van der Waals surface area (Å²) in [4.78, 5) is 28.9. The Labute approximate surface area is 192 Å². The minimum atomic E-state index is -0.543. The van der Waals surface area contributed by atoms with Crippen LogP contribution in [0.25, 0.3) is 0 Å². The number of ether oxygens (including phenoxy) is 2. The summed E-state index contributed by atoms with van der Waals surface area (Å²) < 4.78 is 12.0. The monoisotopic (exact) mass is 488 g/mol. The molecule has 0 aliphatic carbocycles. The highest BCUT2D eigenvalue weighted by atomic mass is 79.9. The quantitative estimate of drug-likeness (QED) is 0.599. The largest absolute Gasteiger partial charge is 0.489 e. The Morgan fingerprint density at radius 2 is 1.81 bits per heavy atom. The molecule has 1 heterocycles. The Morgan fingerprint density at radius 3 is 2.42 bits per heavy atom. The summed E-state index contributed by atoms with van der Waals surface area (Å²) in [6, 6.07) is 15.2. The Balaban J connectivity index is 1.60. The van der Waals surface area contributed by atoms with Gasteiger partial charge in [0.1, 0.15) is 18.0 Å². The molecule has 0 radical (unpaired) electrons. The van der Waals surface area contributed by atoms with Gasteiger partial charge in [-0.15, -0.1) is 0 Å². The molecule has 166 valence electrons. The first kappa shape index (κ1) is 23.1. The SMILES string of the molecule is C[C@H]1CN(C(=O)c2ccc(OCc3ccccc3)cc2Br)CCN1C(=O)OC(C)(C)C. The third kappa shape index (κ3) is 6.23. The van der Waals surface area contributed by atoms with Gasteiger partial charge in [0.05, 0.1) is 5.56 Å². The van der Waals surface area contributed by atoms with E-state index in [2.05, 4.69) is 15.9 Å². The van der Waals surface area contributed by atoms with Gasteiger partial charge in [-0.05, 0) is 67.4 Å². The molecule has 2 amide bonds. The third-order valence-electron chi connectivity index (χ3n) is 4.96. The third-order valence-corrected chi connectivity index (χ3v) is 5.62. The fourth-order valence-corrected chi connectivity index (χ4v) is 3.93. The molecule has 0 aromatic heterocycles. The maximum Gasteiger partial charge on any atom is 0.410 e. The summed E-state index contributed by atoms with van der Waals surface area (Å²) in [5.74, 6) is 0.618. The van der Waals surface area contributed by atoms with Crippen molar-refractivity contribution in [3.63, 3.8) is 0 Å². The number of carbonyl (C=O) groups is 2. The first-order valence-corrected chi connectivity index (χ1v) is 11.2. The standard InChI is InChI=1S/C24H29BrN2O4/c1-17-15-26(12-13-27(17)23(29)31-24(2,3)4)22(28)20-11-10-19(14-21(20)25)30-16-18-8-6-5-7-9-18/h5-11,14,17H,12-13,15-16H2,1-4H3/t17-/m0/s1. The molecule has 1 aliphatic heterocycles. The highest BCUT2D eigenvalue weighted by Gasteiger charge is 2.33. The lowest BCUT2D eigenvalue weighted by atomic mass is 10.1. The second kappa shape index (κ2) is 9.73. The van der Waals surface area contributed by atoms with Gasteiger partial charge in [0.25, 0.3) is 5.91 Å². The second-order valence-corrected chi connectivity index (χ2v) is 9.54. The number of amides is 2. The fourth-order valence-electron chi connectivity index (χ4n) is 3.40. The zero-order valence-electron chi connectivity index (χ0n) is 18.4. The zero-order valence-corrected chi connectivity index (χ0v) is 20.0. The van der Waals surface area contributed by atoms with E-state index in [1.54, 1.807) is 21.9 Å². The van der Waals surface area contributed by atoms with Gasteiger partial charge in [0, 0.05) is 30.1 Å². The lowest BCUT2D eigenvalue weighted by Crippen LogP contribution is -2.56. The van der Waals surface area contributed by atoms with E-state index in [1.807, 2.05) is 64.1 Å². The van der Waals surface area contributed by atoms with Crippen molar-refractivity contribution in [1.29, 1.82) is 0 Å². The Kier molecular flexibility index (Phi) is 7.26. The summed E-state index contributed by atoms with van der Waals surface area (Å²) in [5.41, 5.74) is 1.11. The minimum absolute atomic E-state index is 0.0721. The molecule has 2 aromatic rings. The van der Waals surface area contributed by atoms with Crippen molar-refractivity contribution in [2.24, 2.45) is 0 Å². The molecule has 7 heteroatoms. The molecule has 6 nitrogen and oxygen atoms in total. The van der Waals surface area contributed by atoms with Crippen LogP contribution in [0.1, 0.15) is 43.6 Å². The molecule has 1 saturated heterocycles. The zero-order chi connectivity index (χ0) is 22.6. The number of hydrogen-bond donors (Lipinski definition) is 0. The average Bonchev–Trinajstić information content (AvgIpc) is 2.71. The van der Waals surface area contributed by atoms with Crippen molar-refractivity contribution >= 4 is 27.9 Å². The summed E-state index contributed by atoms with van der Waals surface area (Å²) in [7, 11) is 0. The van der Waals surface area contributed by atoms with Crippen LogP contribution in [0, 0.1) is 0 Å². The van der Waals surface area contributed by atoms with Crippen molar-refractivity contribution in [3.05, 3.63) is 64.1 Å². The molecule has 1 atom stereocenters. The van der Waals surface area contributed by atoms with Gasteiger partial charge in [0.2, 0.25) is 0 Å².